The second-order valence-electron chi connectivity index (χ2n) is 8.00. The molecule has 0 saturated carbocycles. The van der Waals surface area contributed by atoms with E-state index in [1.807, 2.05) is 0 Å². The van der Waals surface area contributed by atoms with Gasteiger partial charge in [0.1, 0.15) is 12.4 Å². The van der Waals surface area contributed by atoms with Gasteiger partial charge in [0, 0.05) is 22.4 Å². The molecule has 2 heterocycles. The summed E-state index contributed by atoms with van der Waals surface area (Å²) in [6, 6.07) is 11.6. The first kappa shape index (κ1) is 23.0. The maximum absolute atomic E-state index is 14.1. The van der Waals surface area contributed by atoms with Crippen molar-refractivity contribution in [1.29, 1.82) is 5.26 Å². The minimum absolute atomic E-state index is 0.176. The van der Waals surface area contributed by atoms with Crippen LogP contribution in [-0.2, 0) is 9.59 Å². The second-order valence-corrected chi connectivity index (χ2v) is 8.00. The summed E-state index contributed by atoms with van der Waals surface area (Å²) in [5.41, 5.74) is 2.53. The van der Waals surface area contributed by atoms with Crippen molar-refractivity contribution >= 4 is 23.2 Å². The summed E-state index contributed by atoms with van der Waals surface area (Å²) in [7, 11) is 0. The molecule has 0 spiro atoms. The van der Waals surface area contributed by atoms with E-state index in [4.69, 9.17) is 0 Å². The summed E-state index contributed by atoms with van der Waals surface area (Å²) in [4.78, 5) is 31.6. The number of nitrogens with zero attached hydrogens (tertiary/aromatic N) is 3. The van der Waals surface area contributed by atoms with Crippen molar-refractivity contribution in [1.82, 2.24) is 4.98 Å². The normalized spacial score (nSPS) is 14.8. The highest BCUT2D eigenvalue weighted by atomic mass is 19.3. The molecule has 1 aliphatic rings. The Hall–Kier alpha value is -4.19. The SMILES string of the molecule is Cc1cc2c(cc1C#N)-c1cc(F)cnc1[C@H](C)C(=O)N2CC(=O)Nc1ccc(C(F)F)cc1. The number of amides is 2. The molecule has 34 heavy (non-hydrogen) atoms. The van der Waals surface area contributed by atoms with E-state index >= 15 is 0 Å². The first-order chi connectivity index (χ1) is 16.2. The molecule has 1 aromatic heterocycles. The number of carbonyl (C=O) groups excluding carboxylic acids is 2. The van der Waals surface area contributed by atoms with E-state index in [1.165, 1.54) is 35.2 Å². The number of hydrogen-bond acceptors (Lipinski definition) is 4. The van der Waals surface area contributed by atoms with E-state index in [2.05, 4.69) is 16.4 Å². The smallest absolute Gasteiger partial charge is 0.263 e. The lowest BCUT2D eigenvalue weighted by Gasteiger charge is -2.25. The van der Waals surface area contributed by atoms with Crippen molar-refractivity contribution in [3.05, 3.63) is 76.9 Å². The Morgan fingerprint density at radius 3 is 2.56 bits per heavy atom. The van der Waals surface area contributed by atoms with Gasteiger partial charge >= 0.3 is 0 Å². The summed E-state index contributed by atoms with van der Waals surface area (Å²) in [5, 5.41) is 12.1. The van der Waals surface area contributed by atoms with E-state index < -0.39 is 30.0 Å². The number of nitriles is 1. The number of pyridine rings is 1. The fourth-order valence-electron chi connectivity index (χ4n) is 3.95. The minimum atomic E-state index is -2.63. The van der Waals surface area contributed by atoms with Crippen LogP contribution in [0.2, 0.25) is 0 Å². The third-order valence-electron chi connectivity index (χ3n) is 5.72. The third kappa shape index (κ3) is 4.22. The zero-order valence-corrected chi connectivity index (χ0v) is 18.3. The van der Waals surface area contributed by atoms with Crippen LogP contribution in [0, 0.1) is 24.1 Å². The van der Waals surface area contributed by atoms with Crippen molar-refractivity contribution < 1.29 is 22.8 Å². The van der Waals surface area contributed by atoms with Gasteiger partial charge in [0.05, 0.1) is 35.1 Å². The number of anilines is 2. The number of alkyl halides is 2. The second kappa shape index (κ2) is 8.98. The number of aryl methyl sites for hydroxylation is 1. The predicted octanol–water partition coefficient (Wildman–Crippen LogP) is 5.09. The molecule has 0 saturated heterocycles. The number of hydrogen-bond donors (Lipinski definition) is 1. The van der Waals surface area contributed by atoms with Crippen molar-refractivity contribution in [2.45, 2.75) is 26.2 Å². The van der Waals surface area contributed by atoms with Crippen LogP contribution in [0.5, 0.6) is 0 Å². The van der Waals surface area contributed by atoms with E-state index in [0.717, 1.165) is 6.20 Å². The van der Waals surface area contributed by atoms with Gasteiger partial charge in [-0.1, -0.05) is 12.1 Å². The Bertz CT molecular complexity index is 1330. The predicted molar refractivity (Wildman–Crippen MR) is 120 cm³/mol. The molecule has 2 amide bonds. The van der Waals surface area contributed by atoms with Gasteiger partial charge in [-0.2, -0.15) is 5.26 Å². The Balaban J connectivity index is 1.73. The van der Waals surface area contributed by atoms with Gasteiger partial charge in [-0.15, -0.1) is 0 Å². The highest BCUT2D eigenvalue weighted by Gasteiger charge is 2.34. The molecule has 1 N–H and O–H groups in total. The monoisotopic (exact) mass is 464 g/mol. The standard InChI is InChI=1S/C25H19F3N4O2/c1-13-7-21-19(8-16(13)10-29)20-9-17(26)11-30-23(20)14(2)25(34)32(21)12-22(33)31-18-5-3-15(4-6-18)24(27)28/h3-9,11,14,24H,12H2,1-2H3,(H,31,33)/t14-/m0/s1. The topological polar surface area (TPSA) is 86.1 Å². The number of halogens is 3. The first-order valence-electron chi connectivity index (χ1n) is 10.4. The molecule has 1 atom stereocenters. The first-order valence-corrected chi connectivity index (χ1v) is 10.4. The van der Waals surface area contributed by atoms with Gasteiger partial charge in [-0.25, -0.2) is 13.2 Å². The molecule has 1 aliphatic heterocycles. The Morgan fingerprint density at radius 1 is 1.21 bits per heavy atom. The summed E-state index contributed by atoms with van der Waals surface area (Å²) in [5.74, 6) is -2.36. The molecule has 0 fully saturated rings. The molecular weight excluding hydrogens is 445 g/mol. The molecule has 4 rings (SSSR count). The largest absolute Gasteiger partial charge is 0.325 e. The van der Waals surface area contributed by atoms with Crippen LogP contribution in [0.1, 0.15) is 41.7 Å². The minimum Gasteiger partial charge on any atom is -0.325 e. The van der Waals surface area contributed by atoms with Crippen molar-refractivity contribution in [2.75, 3.05) is 16.8 Å². The molecule has 0 radical (unpaired) electrons. The van der Waals surface area contributed by atoms with Gasteiger partial charge in [0.2, 0.25) is 11.8 Å². The van der Waals surface area contributed by atoms with E-state index in [-0.39, 0.29) is 12.1 Å². The summed E-state index contributed by atoms with van der Waals surface area (Å²) in [6.45, 7) is 2.93. The number of carbonyl (C=O) groups is 2. The molecule has 3 aromatic rings. The fraction of sp³-hybridized carbons (Fsp3) is 0.200. The van der Waals surface area contributed by atoms with Crippen molar-refractivity contribution in [3.8, 4) is 17.2 Å². The molecule has 0 unspecified atom stereocenters. The number of rotatable bonds is 4. The maximum atomic E-state index is 14.1. The van der Waals surface area contributed by atoms with E-state index in [1.54, 1.807) is 26.0 Å². The van der Waals surface area contributed by atoms with Gasteiger partial charge in [-0.05, 0) is 49.7 Å². The lowest BCUT2D eigenvalue weighted by molar-refractivity contribution is -0.122. The highest BCUT2D eigenvalue weighted by molar-refractivity contribution is 6.09. The van der Waals surface area contributed by atoms with Crippen LogP contribution in [0.25, 0.3) is 11.1 Å². The molecule has 9 heteroatoms. The van der Waals surface area contributed by atoms with E-state index in [0.29, 0.717) is 39.3 Å². The zero-order chi connectivity index (χ0) is 24.6. The van der Waals surface area contributed by atoms with Crippen LogP contribution in [0.3, 0.4) is 0 Å². The fourth-order valence-corrected chi connectivity index (χ4v) is 3.95. The third-order valence-corrected chi connectivity index (χ3v) is 5.72. The molecule has 6 nitrogen and oxygen atoms in total. The van der Waals surface area contributed by atoms with Crippen LogP contribution in [0.4, 0.5) is 24.5 Å². The lowest BCUT2D eigenvalue weighted by atomic mass is 9.95. The highest BCUT2D eigenvalue weighted by Crippen LogP contribution is 2.41. The van der Waals surface area contributed by atoms with Crippen LogP contribution in [0.15, 0.2) is 48.7 Å². The molecule has 0 aliphatic carbocycles. The molecule has 0 bridgehead atoms. The van der Waals surface area contributed by atoms with Crippen molar-refractivity contribution in [3.63, 3.8) is 0 Å². The van der Waals surface area contributed by atoms with Gasteiger partial charge < -0.3 is 10.2 Å². The summed E-state index contributed by atoms with van der Waals surface area (Å²) < 4.78 is 39.6. The zero-order valence-electron chi connectivity index (χ0n) is 18.3. The Labute approximate surface area is 193 Å². The Kier molecular flexibility index (Phi) is 6.07. The summed E-state index contributed by atoms with van der Waals surface area (Å²) >= 11 is 0. The van der Waals surface area contributed by atoms with Gasteiger partial charge in [0.25, 0.3) is 6.43 Å². The molecule has 2 aromatic carbocycles. The van der Waals surface area contributed by atoms with Crippen molar-refractivity contribution in [2.24, 2.45) is 0 Å². The molecule has 172 valence electrons. The molecular formula is C25H19F3N4O2. The number of fused-ring (bicyclic) bond motifs is 3. The van der Waals surface area contributed by atoms with Crippen LogP contribution in [-0.4, -0.2) is 23.3 Å². The average molecular weight is 464 g/mol. The van der Waals surface area contributed by atoms with Crippen LogP contribution < -0.4 is 10.2 Å². The number of benzene rings is 2. The van der Waals surface area contributed by atoms with E-state index in [9.17, 15) is 28.0 Å². The average Bonchev–Trinajstić information content (AvgIpc) is 2.88. The summed E-state index contributed by atoms with van der Waals surface area (Å²) in [6.07, 6.45) is -1.60. The Morgan fingerprint density at radius 2 is 1.91 bits per heavy atom. The number of nitrogens with one attached hydrogen (secondary N) is 1. The van der Waals surface area contributed by atoms with Gasteiger partial charge in [0.15, 0.2) is 0 Å². The maximum Gasteiger partial charge on any atom is 0.263 e. The lowest BCUT2D eigenvalue weighted by Crippen LogP contribution is -2.40. The van der Waals surface area contributed by atoms with Crippen LogP contribution >= 0.6 is 0 Å². The quantitative estimate of drug-likeness (QED) is 0.583. The van der Waals surface area contributed by atoms with Gasteiger partial charge in [-0.3, -0.25) is 14.6 Å². The number of aromatic nitrogens is 1.